The van der Waals surface area contributed by atoms with Crippen LogP contribution in [0, 0.1) is 0 Å². The number of aryl methyl sites for hydroxylation is 1. The second kappa shape index (κ2) is 5.68. The van der Waals surface area contributed by atoms with Gasteiger partial charge in [0.05, 0.1) is 0 Å². The van der Waals surface area contributed by atoms with E-state index in [1.807, 2.05) is 53.4 Å². The molecule has 0 atom stereocenters. The fraction of sp³-hybridized carbons (Fsp3) is 0.154. The molecule has 88 valence electrons. The summed E-state index contributed by atoms with van der Waals surface area (Å²) in [7, 11) is 0. The molecule has 1 amide bonds. The number of nitrogens with one attached hydrogen (secondary N) is 1. The minimum atomic E-state index is 0.0248. The molecule has 1 heterocycles. The largest absolute Gasteiger partial charge is 0.354 e. The molecular weight excluding hydrogens is 280 g/mol. The highest BCUT2D eigenvalue weighted by Gasteiger charge is 2.02. The molecule has 0 spiro atoms. The van der Waals surface area contributed by atoms with E-state index >= 15 is 0 Å². The van der Waals surface area contributed by atoms with Crippen molar-refractivity contribution in [3.63, 3.8) is 0 Å². The number of nitrogens with zero attached hydrogens (tertiary/aromatic N) is 1. The molecule has 0 radical (unpaired) electrons. The molecule has 0 saturated heterocycles. The van der Waals surface area contributed by atoms with E-state index in [4.69, 9.17) is 0 Å². The fourth-order valence-corrected chi connectivity index (χ4v) is 1.94. The normalized spacial score (nSPS) is 10.2. The Hall–Kier alpha value is -1.55. The maximum atomic E-state index is 11.7. The van der Waals surface area contributed by atoms with Crippen molar-refractivity contribution in [1.82, 2.24) is 4.57 Å². The number of benzene rings is 1. The smallest absolute Gasteiger partial charge is 0.226 e. The summed E-state index contributed by atoms with van der Waals surface area (Å²) in [6.07, 6.45) is 4.37. The molecule has 2 aromatic rings. The minimum absolute atomic E-state index is 0.0248. The summed E-state index contributed by atoms with van der Waals surface area (Å²) in [5.74, 6) is 0.0248. The predicted molar refractivity (Wildman–Crippen MR) is 71.8 cm³/mol. The maximum absolute atomic E-state index is 11.7. The van der Waals surface area contributed by atoms with Crippen molar-refractivity contribution in [1.29, 1.82) is 0 Å². The van der Waals surface area contributed by atoms with Crippen LogP contribution in [0.3, 0.4) is 0 Å². The number of aromatic nitrogens is 1. The van der Waals surface area contributed by atoms with E-state index < -0.39 is 0 Å². The van der Waals surface area contributed by atoms with Crippen LogP contribution in [0.2, 0.25) is 0 Å². The van der Waals surface area contributed by atoms with Gasteiger partial charge in [-0.05, 0) is 30.3 Å². The van der Waals surface area contributed by atoms with Gasteiger partial charge in [-0.1, -0.05) is 22.0 Å². The molecule has 0 aliphatic carbocycles. The number of hydrogen-bond donors (Lipinski definition) is 1. The Kier molecular flexibility index (Phi) is 3.98. The van der Waals surface area contributed by atoms with Crippen LogP contribution in [0.25, 0.3) is 0 Å². The molecule has 0 bridgehead atoms. The third-order valence-corrected chi connectivity index (χ3v) is 2.86. The average molecular weight is 293 g/mol. The van der Waals surface area contributed by atoms with Gasteiger partial charge < -0.3 is 9.88 Å². The van der Waals surface area contributed by atoms with Crippen molar-refractivity contribution in [2.45, 2.75) is 13.0 Å². The van der Waals surface area contributed by atoms with E-state index in [1.165, 1.54) is 0 Å². The Bertz CT molecular complexity index is 494. The summed E-state index contributed by atoms with van der Waals surface area (Å²) in [6, 6.07) is 11.5. The zero-order chi connectivity index (χ0) is 12.1. The molecule has 3 nitrogen and oxygen atoms in total. The van der Waals surface area contributed by atoms with Crippen LogP contribution in [0.5, 0.6) is 0 Å². The zero-order valence-electron chi connectivity index (χ0n) is 9.27. The first-order chi connectivity index (χ1) is 8.24. The molecule has 0 aliphatic heterocycles. The quantitative estimate of drug-likeness (QED) is 0.922. The summed E-state index contributed by atoms with van der Waals surface area (Å²) < 4.78 is 2.95. The number of halogens is 1. The highest BCUT2D eigenvalue weighted by Crippen LogP contribution is 2.15. The Balaban J connectivity index is 1.85. The number of carbonyl (C=O) groups excluding carboxylic acids is 1. The van der Waals surface area contributed by atoms with Crippen molar-refractivity contribution in [2.75, 3.05) is 5.32 Å². The van der Waals surface area contributed by atoms with Crippen LogP contribution in [0.1, 0.15) is 6.42 Å². The van der Waals surface area contributed by atoms with Gasteiger partial charge in [0.1, 0.15) is 0 Å². The van der Waals surface area contributed by atoms with Gasteiger partial charge in [-0.25, -0.2) is 0 Å². The van der Waals surface area contributed by atoms with E-state index in [-0.39, 0.29) is 5.91 Å². The molecule has 4 heteroatoms. The van der Waals surface area contributed by atoms with Gasteiger partial charge >= 0.3 is 0 Å². The second-order valence-electron chi connectivity index (χ2n) is 3.73. The Morgan fingerprint density at radius 2 is 2.00 bits per heavy atom. The number of carbonyl (C=O) groups is 1. The van der Waals surface area contributed by atoms with Crippen molar-refractivity contribution >= 4 is 27.5 Å². The molecule has 0 saturated carbocycles. The van der Waals surface area contributed by atoms with E-state index in [0.29, 0.717) is 13.0 Å². The molecule has 1 aromatic carbocycles. The third kappa shape index (κ3) is 3.75. The number of amides is 1. The molecule has 1 aromatic heterocycles. The van der Waals surface area contributed by atoms with Gasteiger partial charge in [-0.2, -0.15) is 0 Å². The lowest BCUT2D eigenvalue weighted by atomic mass is 10.3. The molecule has 0 fully saturated rings. The van der Waals surface area contributed by atoms with Gasteiger partial charge in [0.15, 0.2) is 0 Å². The van der Waals surface area contributed by atoms with Gasteiger partial charge in [0.2, 0.25) is 5.91 Å². The molecule has 2 rings (SSSR count). The summed E-state index contributed by atoms with van der Waals surface area (Å²) in [6.45, 7) is 0.701. The fourth-order valence-electron chi connectivity index (χ4n) is 1.54. The monoisotopic (exact) mass is 292 g/mol. The summed E-state index contributed by atoms with van der Waals surface area (Å²) in [5.41, 5.74) is 0.817. The van der Waals surface area contributed by atoms with Crippen LogP contribution < -0.4 is 5.32 Å². The van der Waals surface area contributed by atoms with Crippen LogP contribution in [-0.2, 0) is 11.3 Å². The molecule has 0 aliphatic rings. The summed E-state index contributed by atoms with van der Waals surface area (Å²) in [5, 5.41) is 2.86. The SMILES string of the molecule is O=C(CCn1cccc1)Nc1cccc(Br)c1. The topological polar surface area (TPSA) is 34.0 Å². The lowest BCUT2D eigenvalue weighted by Crippen LogP contribution is -2.13. The van der Waals surface area contributed by atoms with Crippen LogP contribution in [-0.4, -0.2) is 10.5 Å². The third-order valence-electron chi connectivity index (χ3n) is 2.37. The van der Waals surface area contributed by atoms with Crippen LogP contribution in [0.15, 0.2) is 53.3 Å². The Morgan fingerprint density at radius 1 is 1.24 bits per heavy atom. The first-order valence-electron chi connectivity index (χ1n) is 5.40. The van der Waals surface area contributed by atoms with E-state index in [9.17, 15) is 4.79 Å². The van der Waals surface area contributed by atoms with E-state index in [1.54, 1.807) is 0 Å². The maximum Gasteiger partial charge on any atom is 0.226 e. The van der Waals surface area contributed by atoms with E-state index in [0.717, 1.165) is 10.2 Å². The second-order valence-corrected chi connectivity index (χ2v) is 4.65. The predicted octanol–water partition coefficient (Wildman–Crippen LogP) is 3.28. The highest BCUT2D eigenvalue weighted by molar-refractivity contribution is 9.10. The molecular formula is C13H13BrN2O. The Morgan fingerprint density at radius 3 is 2.71 bits per heavy atom. The zero-order valence-corrected chi connectivity index (χ0v) is 10.9. The number of hydrogen-bond acceptors (Lipinski definition) is 1. The first-order valence-corrected chi connectivity index (χ1v) is 6.19. The van der Waals surface area contributed by atoms with Gasteiger partial charge in [0, 0.05) is 35.5 Å². The summed E-state index contributed by atoms with van der Waals surface area (Å²) >= 11 is 3.37. The van der Waals surface area contributed by atoms with Gasteiger partial charge in [-0.15, -0.1) is 0 Å². The van der Waals surface area contributed by atoms with Gasteiger partial charge in [-0.3, -0.25) is 4.79 Å². The van der Waals surface area contributed by atoms with Crippen molar-refractivity contribution in [3.05, 3.63) is 53.3 Å². The lowest BCUT2D eigenvalue weighted by molar-refractivity contribution is -0.116. The van der Waals surface area contributed by atoms with Gasteiger partial charge in [0.25, 0.3) is 0 Å². The first kappa shape index (κ1) is 11.9. The average Bonchev–Trinajstić information content (AvgIpc) is 2.79. The van der Waals surface area contributed by atoms with Crippen molar-refractivity contribution in [2.24, 2.45) is 0 Å². The summed E-state index contributed by atoms with van der Waals surface area (Å²) in [4.78, 5) is 11.7. The molecule has 17 heavy (non-hydrogen) atoms. The van der Waals surface area contributed by atoms with Crippen molar-refractivity contribution in [3.8, 4) is 0 Å². The van der Waals surface area contributed by atoms with Crippen molar-refractivity contribution < 1.29 is 4.79 Å². The Labute approximate surface area is 109 Å². The molecule has 1 N–H and O–H groups in total. The number of anilines is 1. The van der Waals surface area contributed by atoms with Crippen LogP contribution >= 0.6 is 15.9 Å². The highest BCUT2D eigenvalue weighted by atomic mass is 79.9. The molecule has 0 unspecified atom stereocenters. The van der Waals surface area contributed by atoms with Crippen LogP contribution in [0.4, 0.5) is 5.69 Å². The van der Waals surface area contributed by atoms with E-state index in [2.05, 4.69) is 21.2 Å². The number of rotatable bonds is 4. The standard InChI is InChI=1S/C13H13BrN2O/c14-11-4-3-5-12(10-11)15-13(17)6-9-16-7-1-2-8-16/h1-5,7-8,10H,6,9H2,(H,15,17). The minimum Gasteiger partial charge on any atom is -0.354 e. The lowest BCUT2D eigenvalue weighted by Gasteiger charge is -2.06.